The van der Waals surface area contributed by atoms with Gasteiger partial charge in [-0.3, -0.25) is 0 Å². The minimum Gasteiger partial charge on any atom is -0.311 e. The van der Waals surface area contributed by atoms with Crippen molar-refractivity contribution in [1.82, 2.24) is 4.57 Å². The molecule has 0 aliphatic heterocycles. The van der Waals surface area contributed by atoms with Crippen molar-refractivity contribution in [2.24, 2.45) is 0 Å². The van der Waals surface area contributed by atoms with E-state index in [1.807, 2.05) is 0 Å². The van der Waals surface area contributed by atoms with Gasteiger partial charge in [0.15, 0.2) is 0 Å². The summed E-state index contributed by atoms with van der Waals surface area (Å²) < 4.78 is 2.38. The minimum atomic E-state index is 1.09. The summed E-state index contributed by atoms with van der Waals surface area (Å²) in [6.45, 7) is 0. The molecule has 60 heavy (non-hydrogen) atoms. The topological polar surface area (TPSA) is 8.17 Å². The van der Waals surface area contributed by atoms with Gasteiger partial charge in [0.05, 0.1) is 11.0 Å². The molecule has 0 amide bonds. The first kappa shape index (κ1) is 35.2. The lowest BCUT2D eigenvalue weighted by atomic mass is 9.98. The van der Waals surface area contributed by atoms with Gasteiger partial charge in [-0.15, -0.1) is 0 Å². The molecular formula is C58H40N2. The van der Waals surface area contributed by atoms with Crippen LogP contribution in [0.25, 0.3) is 82.8 Å². The van der Waals surface area contributed by atoms with E-state index in [4.69, 9.17) is 0 Å². The Labute approximate surface area is 350 Å². The second-order valence-corrected chi connectivity index (χ2v) is 15.4. The maximum absolute atomic E-state index is 2.38. The van der Waals surface area contributed by atoms with Crippen LogP contribution in [-0.4, -0.2) is 4.57 Å². The van der Waals surface area contributed by atoms with Crippen LogP contribution in [0.5, 0.6) is 0 Å². The van der Waals surface area contributed by atoms with Gasteiger partial charge in [0.25, 0.3) is 0 Å². The third kappa shape index (κ3) is 6.41. The zero-order valence-corrected chi connectivity index (χ0v) is 33.0. The van der Waals surface area contributed by atoms with E-state index in [1.165, 1.54) is 77.1 Å². The smallest absolute Gasteiger partial charge is 0.0541 e. The molecule has 0 saturated carbocycles. The maximum atomic E-state index is 2.38. The molecule has 0 fully saturated rings. The maximum Gasteiger partial charge on any atom is 0.0541 e. The van der Waals surface area contributed by atoms with Gasteiger partial charge in [-0.2, -0.15) is 0 Å². The van der Waals surface area contributed by atoms with Crippen molar-refractivity contribution in [3.63, 3.8) is 0 Å². The first-order valence-corrected chi connectivity index (χ1v) is 20.6. The van der Waals surface area contributed by atoms with Crippen LogP contribution in [0, 0.1) is 0 Å². The zero-order chi connectivity index (χ0) is 39.8. The first-order chi connectivity index (χ1) is 29.7. The summed E-state index contributed by atoms with van der Waals surface area (Å²) in [4.78, 5) is 2.35. The van der Waals surface area contributed by atoms with E-state index in [-0.39, 0.29) is 0 Å². The summed E-state index contributed by atoms with van der Waals surface area (Å²) in [5.74, 6) is 0. The van der Waals surface area contributed by atoms with Gasteiger partial charge >= 0.3 is 0 Å². The van der Waals surface area contributed by atoms with E-state index in [9.17, 15) is 0 Å². The Hall–Kier alpha value is -7.94. The van der Waals surface area contributed by atoms with Crippen molar-refractivity contribution < 1.29 is 0 Å². The molecule has 282 valence electrons. The Morgan fingerprint density at radius 3 is 1.25 bits per heavy atom. The summed E-state index contributed by atoms with van der Waals surface area (Å²) >= 11 is 0. The van der Waals surface area contributed by atoms with Crippen LogP contribution in [0.15, 0.2) is 243 Å². The third-order valence-electron chi connectivity index (χ3n) is 11.8. The predicted octanol–water partition coefficient (Wildman–Crippen LogP) is 16.1. The predicted molar refractivity (Wildman–Crippen MR) is 255 cm³/mol. The van der Waals surface area contributed by atoms with E-state index in [1.54, 1.807) is 0 Å². The average Bonchev–Trinajstić information content (AvgIpc) is 3.67. The number of nitrogens with zero attached hydrogens (tertiary/aromatic N) is 2. The fourth-order valence-corrected chi connectivity index (χ4v) is 8.83. The molecule has 11 aromatic rings. The van der Waals surface area contributed by atoms with Crippen molar-refractivity contribution in [3.8, 4) is 50.2 Å². The van der Waals surface area contributed by atoms with Crippen molar-refractivity contribution in [2.75, 3.05) is 4.90 Å². The highest BCUT2D eigenvalue weighted by Crippen LogP contribution is 2.39. The molecule has 11 rings (SSSR count). The molecule has 10 aromatic carbocycles. The number of hydrogen-bond donors (Lipinski definition) is 0. The lowest BCUT2D eigenvalue weighted by Gasteiger charge is -2.26. The number of rotatable bonds is 8. The molecule has 0 spiro atoms. The van der Waals surface area contributed by atoms with Crippen molar-refractivity contribution in [1.29, 1.82) is 0 Å². The van der Waals surface area contributed by atoms with Crippen LogP contribution in [0.3, 0.4) is 0 Å². The highest BCUT2D eigenvalue weighted by Gasteiger charge is 2.16. The zero-order valence-electron chi connectivity index (χ0n) is 33.0. The highest BCUT2D eigenvalue weighted by molar-refractivity contribution is 6.09. The van der Waals surface area contributed by atoms with Crippen LogP contribution in [0.1, 0.15) is 0 Å². The van der Waals surface area contributed by atoms with E-state index in [0.717, 1.165) is 22.7 Å². The van der Waals surface area contributed by atoms with E-state index in [0.29, 0.717) is 0 Å². The lowest BCUT2D eigenvalue weighted by Crippen LogP contribution is -2.09. The largest absolute Gasteiger partial charge is 0.311 e. The van der Waals surface area contributed by atoms with Gasteiger partial charge < -0.3 is 9.47 Å². The van der Waals surface area contributed by atoms with Crippen molar-refractivity contribution in [2.45, 2.75) is 0 Å². The molecule has 0 N–H and O–H groups in total. The molecule has 2 heteroatoms. The summed E-state index contributed by atoms with van der Waals surface area (Å²) in [5.41, 5.74) is 16.5. The Bertz CT molecular complexity index is 3210. The number of para-hydroxylation sites is 2. The molecule has 0 saturated heterocycles. The van der Waals surface area contributed by atoms with E-state index >= 15 is 0 Å². The molecule has 1 aromatic heterocycles. The number of fused-ring (bicyclic) bond motifs is 4. The van der Waals surface area contributed by atoms with Gasteiger partial charge in [-0.25, -0.2) is 0 Å². The summed E-state index contributed by atoms with van der Waals surface area (Å²) in [5, 5.41) is 5.04. The van der Waals surface area contributed by atoms with Crippen LogP contribution in [0.2, 0.25) is 0 Å². The molecule has 0 atom stereocenters. The summed E-state index contributed by atoms with van der Waals surface area (Å²) in [7, 11) is 0. The molecule has 0 aliphatic carbocycles. The number of anilines is 3. The van der Waals surface area contributed by atoms with Crippen molar-refractivity contribution in [3.05, 3.63) is 243 Å². The number of hydrogen-bond acceptors (Lipinski definition) is 1. The van der Waals surface area contributed by atoms with Crippen molar-refractivity contribution >= 4 is 49.6 Å². The Morgan fingerprint density at radius 1 is 0.267 bits per heavy atom. The molecule has 0 radical (unpaired) electrons. The van der Waals surface area contributed by atoms with E-state index < -0.39 is 0 Å². The first-order valence-electron chi connectivity index (χ1n) is 20.6. The Balaban J connectivity index is 0.952. The lowest BCUT2D eigenvalue weighted by molar-refractivity contribution is 1.18. The van der Waals surface area contributed by atoms with Crippen LogP contribution in [-0.2, 0) is 0 Å². The number of benzene rings is 10. The quantitative estimate of drug-likeness (QED) is 0.150. The molecular weight excluding hydrogens is 725 g/mol. The molecule has 1 heterocycles. The fourth-order valence-electron chi connectivity index (χ4n) is 8.83. The van der Waals surface area contributed by atoms with Gasteiger partial charge in [0.1, 0.15) is 0 Å². The van der Waals surface area contributed by atoms with Gasteiger partial charge in [0, 0.05) is 33.5 Å². The number of aromatic nitrogens is 1. The van der Waals surface area contributed by atoms with Gasteiger partial charge in [-0.05, 0) is 116 Å². The van der Waals surface area contributed by atoms with Gasteiger partial charge in [0.2, 0.25) is 0 Å². The monoisotopic (exact) mass is 764 g/mol. The van der Waals surface area contributed by atoms with Gasteiger partial charge in [-0.1, -0.05) is 182 Å². The van der Waals surface area contributed by atoms with E-state index in [2.05, 4.69) is 252 Å². The standard InChI is InChI=1S/C58H40N2/c1-2-12-41(13-3-1)42-24-26-43(27-25-42)44-28-34-49(35-29-44)59(51-38-32-47(33-39-51)54-21-11-15-46-14-4-5-18-53(46)54)50-36-30-45(31-37-50)48-16-10-17-52(40-48)60-57-22-8-6-19-55(57)56-20-7-9-23-58(56)60/h1-40H. The summed E-state index contributed by atoms with van der Waals surface area (Å²) in [6.07, 6.45) is 0. The highest BCUT2D eigenvalue weighted by atomic mass is 15.1. The second kappa shape index (κ2) is 15.1. The van der Waals surface area contributed by atoms with Crippen LogP contribution >= 0.6 is 0 Å². The average molecular weight is 765 g/mol. The normalized spacial score (nSPS) is 11.3. The SMILES string of the molecule is c1ccc(-c2ccc(-c3ccc(N(c4ccc(-c5cccc(-n6c7ccccc7c7ccccc76)c5)cc4)c4ccc(-c5cccc6ccccc56)cc4)cc3)cc2)cc1. The molecule has 2 nitrogen and oxygen atoms in total. The third-order valence-corrected chi connectivity index (χ3v) is 11.8. The Kier molecular flexibility index (Phi) is 8.87. The second-order valence-electron chi connectivity index (χ2n) is 15.4. The fraction of sp³-hybridized carbons (Fsp3) is 0. The molecule has 0 bridgehead atoms. The minimum absolute atomic E-state index is 1.09. The molecule has 0 aliphatic rings. The summed E-state index contributed by atoms with van der Waals surface area (Å²) in [6, 6.07) is 87.8. The Morgan fingerprint density at radius 2 is 0.667 bits per heavy atom. The molecule has 0 unspecified atom stereocenters. The van der Waals surface area contributed by atoms with Crippen LogP contribution in [0.4, 0.5) is 17.1 Å². The van der Waals surface area contributed by atoms with Crippen LogP contribution < -0.4 is 4.90 Å².